The number of hydrogen-bond acceptors (Lipinski definition) is 3. The molecule has 136 valence electrons. The van der Waals surface area contributed by atoms with Crippen LogP contribution >= 0.6 is 0 Å². The van der Waals surface area contributed by atoms with Crippen molar-refractivity contribution in [2.75, 3.05) is 13.1 Å². The Hall–Kier alpha value is -2.89. The molecule has 0 radical (unpaired) electrons. The number of carbonyl (C=O) groups excluding carboxylic acids is 2. The van der Waals surface area contributed by atoms with Gasteiger partial charge in [-0.1, -0.05) is 36.4 Å². The molecule has 26 heavy (non-hydrogen) atoms. The van der Waals surface area contributed by atoms with Crippen molar-refractivity contribution in [1.29, 1.82) is 0 Å². The number of amides is 2. The first-order valence-electron chi connectivity index (χ1n) is 8.73. The first-order chi connectivity index (χ1) is 12.5. The Bertz CT molecular complexity index is 841. The highest BCUT2D eigenvalue weighted by molar-refractivity contribution is 5.88. The van der Waals surface area contributed by atoms with Gasteiger partial charge in [0.15, 0.2) is 6.04 Å². The van der Waals surface area contributed by atoms with E-state index in [1.54, 1.807) is 17.0 Å². The zero-order valence-electron chi connectivity index (χ0n) is 14.6. The standard InChI is InChI=1S/C20H22N2O4/c1-13(23)22-10-8-15(9-11-22)19(24)21-18(20(25)26)17-7-6-14-4-2-3-5-16(14)12-17/h2-7,12,15,18H,8-11H2,1H3,(H,21,24)(H,25,26). The monoisotopic (exact) mass is 354 g/mol. The third-order valence-electron chi connectivity index (χ3n) is 4.95. The van der Waals surface area contributed by atoms with E-state index in [9.17, 15) is 19.5 Å². The van der Waals surface area contributed by atoms with Crippen molar-refractivity contribution in [1.82, 2.24) is 10.2 Å². The molecule has 0 aromatic heterocycles. The fraction of sp³-hybridized carbons (Fsp3) is 0.350. The van der Waals surface area contributed by atoms with Crippen molar-refractivity contribution in [3.05, 3.63) is 48.0 Å². The van der Waals surface area contributed by atoms with Gasteiger partial charge in [-0.2, -0.15) is 0 Å². The van der Waals surface area contributed by atoms with E-state index in [0.717, 1.165) is 10.8 Å². The van der Waals surface area contributed by atoms with Gasteiger partial charge in [0.25, 0.3) is 0 Å². The Morgan fingerprint density at radius 3 is 2.35 bits per heavy atom. The van der Waals surface area contributed by atoms with Gasteiger partial charge < -0.3 is 15.3 Å². The topological polar surface area (TPSA) is 86.7 Å². The van der Waals surface area contributed by atoms with Crippen molar-refractivity contribution < 1.29 is 19.5 Å². The van der Waals surface area contributed by atoms with Crippen molar-refractivity contribution >= 4 is 28.6 Å². The maximum Gasteiger partial charge on any atom is 0.330 e. The van der Waals surface area contributed by atoms with Gasteiger partial charge >= 0.3 is 5.97 Å². The fourth-order valence-corrected chi connectivity index (χ4v) is 3.39. The Labute approximate surface area is 151 Å². The lowest BCUT2D eigenvalue weighted by Crippen LogP contribution is -2.44. The number of hydrogen-bond donors (Lipinski definition) is 2. The zero-order valence-corrected chi connectivity index (χ0v) is 14.6. The highest BCUT2D eigenvalue weighted by Gasteiger charge is 2.30. The number of carboxylic acids is 1. The highest BCUT2D eigenvalue weighted by atomic mass is 16.4. The van der Waals surface area contributed by atoms with Crippen LogP contribution in [0, 0.1) is 5.92 Å². The molecule has 0 bridgehead atoms. The van der Waals surface area contributed by atoms with E-state index >= 15 is 0 Å². The minimum Gasteiger partial charge on any atom is -0.479 e. The quantitative estimate of drug-likeness (QED) is 0.882. The Morgan fingerprint density at radius 2 is 1.73 bits per heavy atom. The summed E-state index contributed by atoms with van der Waals surface area (Å²) >= 11 is 0. The highest BCUT2D eigenvalue weighted by Crippen LogP contribution is 2.23. The van der Waals surface area contributed by atoms with E-state index in [4.69, 9.17) is 0 Å². The minimum atomic E-state index is -1.09. The summed E-state index contributed by atoms with van der Waals surface area (Å²) in [6.07, 6.45) is 1.10. The molecule has 1 saturated heterocycles. The van der Waals surface area contributed by atoms with Gasteiger partial charge in [0, 0.05) is 25.9 Å². The number of carboxylic acid groups (broad SMARTS) is 1. The maximum atomic E-state index is 12.5. The number of nitrogens with zero attached hydrogens (tertiary/aromatic N) is 1. The molecule has 0 spiro atoms. The lowest BCUT2D eigenvalue weighted by molar-refractivity contribution is -0.143. The number of likely N-dealkylation sites (tertiary alicyclic amines) is 1. The molecule has 1 atom stereocenters. The zero-order chi connectivity index (χ0) is 18.7. The number of rotatable bonds is 4. The molecular formula is C20H22N2O4. The summed E-state index contributed by atoms with van der Waals surface area (Å²) in [5.41, 5.74) is 0.547. The van der Waals surface area contributed by atoms with E-state index in [-0.39, 0.29) is 17.7 Å². The van der Waals surface area contributed by atoms with Crippen LogP contribution in [-0.2, 0) is 14.4 Å². The van der Waals surface area contributed by atoms with Gasteiger partial charge in [-0.15, -0.1) is 0 Å². The normalized spacial score (nSPS) is 16.3. The molecule has 2 aromatic carbocycles. The molecular weight excluding hydrogens is 332 g/mol. The van der Waals surface area contributed by atoms with Crippen LogP contribution in [0.4, 0.5) is 0 Å². The van der Waals surface area contributed by atoms with Crippen LogP contribution < -0.4 is 5.32 Å². The van der Waals surface area contributed by atoms with Gasteiger partial charge in [-0.3, -0.25) is 9.59 Å². The average molecular weight is 354 g/mol. The smallest absolute Gasteiger partial charge is 0.330 e. The van der Waals surface area contributed by atoms with Crippen LogP contribution in [0.5, 0.6) is 0 Å². The van der Waals surface area contributed by atoms with Crippen molar-refractivity contribution in [3.8, 4) is 0 Å². The Kier molecular flexibility index (Phi) is 5.21. The molecule has 1 fully saturated rings. The van der Waals surface area contributed by atoms with Gasteiger partial charge in [0.2, 0.25) is 11.8 Å². The first-order valence-corrected chi connectivity index (χ1v) is 8.73. The van der Waals surface area contributed by atoms with E-state index in [1.807, 2.05) is 30.3 Å². The van der Waals surface area contributed by atoms with Gasteiger partial charge in [0.1, 0.15) is 0 Å². The van der Waals surface area contributed by atoms with Gasteiger partial charge in [-0.05, 0) is 35.2 Å². The summed E-state index contributed by atoms with van der Waals surface area (Å²) in [6, 6.07) is 12.0. The summed E-state index contributed by atoms with van der Waals surface area (Å²) < 4.78 is 0. The molecule has 2 amide bonds. The molecule has 2 N–H and O–H groups in total. The van der Waals surface area contributed by atoms with Crippen molar-refractivity contribution in [2.24, 2.45) is 5.92 Å². The summed E-state index contributed by atoms with van der Waals surface area (Å²) in [5.74, 6) is -1.63. The predicted octanol–water partition coefficient (Wildman–Crippen LogP) is 2.34. The SMILES string of the molecule is CC(=O)N1CCC(C(=O)NC(C(=O)O)c2ccc3ccccc3c2)CC1. The van der Waals surface area contributed by atoms with E-state index < -0.39 is 12.0 Å². The second-order valence-electron chi connectivity index (χ2n) is 6.67. The number of carbonyl (C=O) groups is 3. The Morgan fingerprint density at radius 1 is 1.08 bits per heavy atom. The molecule has 0 saturated carbocycles. The molecule has 6 heteroatoms. The second kappa shape index (κ2) is 7.56. The number of fused-ring (bicyclic) bond motifs is 1. The average Bonchev–Trinajstić information content (AvgIpc) is 2.65. The molecule has 3 rings (SSSR count). The Balaban J connectivity index is 1.73. The van der Waals surface area contributed by atoms with Crippen LogP contribution in [0.3, 0.4) is 0 Å². The van der Waals surface area contributed by atoms with Gasteiger partial charge in [-0.25, -0.2) is 4.79 Å². The summed E-state index contributed by atoms with van der Waals surface area (Å²) in [4.78, 5) is 37.4. The lowest BCUT2D eigenvalue weighted by Gasteiger charge is -2.31. The largest absolute Gasteiger partial charge is 0.479 e. The molecule has 0 aliphatic carbocycles. The summed E-state index contributed by atoms with van der Waals surface area (Å²) in [6.45, 7) is 2.57. The maximum absolute atomic E-state index is 12.5. The molecule has 1 aliphatic heterocycles. The van der Waals surface area contributed by atoms with E-state index in [2.05, 4.69) is 5.32 Å². The molecule has 1 heterocycles. The van der Waals surface area contributed by atoms with Crippen LogP contribution in [0.25, 0.3) is 10.8 Å². The second-order valence-corrected chi connectivity index (χ2v) is 6.67. The fourth-order valence-electron chi connectivity index (χ4n) is 3.39. The third kappa shape index (κ3) is 3.85. The third-order valence-corrected chi connectivity index (χ3v) is 4.95. The van der Waals surface area contributed by atoms with Crippen LogP contribution in [0.1, 0.15) is 31.4 Å². The molecule has 1 aliphatic rings. The van der Waals surface area contributed by atoms with E-state index in [1.165, 1.54) is 6.92 Å². The first kappa shape index (κ1) is 17.9. The van der Waals surface area contributed by atoms with Crippen LogP contribution in [-0.4, -0.2) is 40.9 Å². The lowest BCUT2D eigenvalue weighted by atomic mass is 9.94. The number of nitrogens with one attached hydrogen (secondary N) is 1. The number of piperidine rings is 1. The van der Waals surface area contributed by atoms with Crippen molar-refractivity contribution in [2.45, 2.75) is 25.8 Å². The molecule has 1 unspecified atom stereocenters. The minimum absolute atomic E-state index is 0.00318. The van der Waals surface area contributed by atoms with Crippen molar-refractivity contribution in [3.63, 3.8) is 0 Å². The van der Waals surface area contributed by atoms with E-state index in [0.29, 0.717) is 31.5 Å². The van der Waals surface area contributed by atoms with Crippen LogP contribution in [0.2, 0.25) is 0 Å². The summed E-state index contributed by atoms with van der Waals surface area (Å²) in [7, 11) is 0. The summed E-state index contributed by atoms with van der Waals surface area (Å²) in [5, 5.41) is 14.2. The molecule has 6 nitrogen and oxygen atoms in total. The number of aliphatic carboxylic acids is 1. The van der Waals surface area contributed by atoms with Gasteiger partial charge in [0.05, 0.1) is 0 Å². The van der Waals surface area contributed by atoms with Crippen LogP contribution in [0.15, 0.2) is 42.5 Å². The number of benzene rings is 2. The predicted molar refractivity (Wildman–Crippen MR) is 97.4 cm³/mol. The molecule has 2 aromatic rings.